The normalized spacial score (nSPS) is 27.0. The van der Waals surface area contributed by atoms with E-state index in [9.17, 15) is 9.90 Å². The Labute approximate surface area is 206 Å². The van der Waals surface area contributed by atoms with Crippen LogP contribution in [-0.2, 0) is 41.6 Å². The van der Waals surface area contributed by atoms with E-state index in [2.05, 4.69) is 0 Å². The summed E-state index contributed by atoms with van der Waals surface area (Å²) >= 11 is 0. The first-order chi connectivity index (χ1) is 17.1. The van der Waals surface area contributed by atoms with Gasteiger partial charge < -0.3 is 33.5 Å². The van der Waals surface area contributed by atoms with E-state index in [0.29, 0.717) is 6.61 Å². The number of hydrogen-bond acceptors (Lipinski definition) is 8. The van der Waals surface area contributed by atoms with Crippen molar-refractivity contribution in [2.75, 3.05) is 13.7 Å². The SMILES string of the molecule is CO[C@H]1O[C@H](COC(=O)OC2CCCC2)[C@@H](O)[C@H](OCc2ccccc2)[C@H]1OCc1ccccc1. The number of benzene rings is 2. The molecule has 2 fully saturated rings. The Morgan fingerprint density at radius 3 is 2.06 bits per heavy atom. The fraction of sp³-hybridized carbons (Fsp3) is 0.519. The van der Waals surface area contributed by atoms with E-state index in [1.165, 1.54) is 7.11 Å². The molecule has 4 rings (SSSR count). The van der Waals surface area contributed by atoms with Gasteiger partial charge in [-0.15, -0.1) is 0 Å². The predicted molar refractivity (Wildman–Crippen MR) is 126 cm³/mol. The van der Waals surface area contributed by atoms with Crippen molar-refractivity contribution in [3.8, 4) is 0 Å². The standard InChI is InChI=1S/C27H34O8/c1-30-26-25(32-17-20-12-6-3-7-13-20)24(31-16-19-10-4-2-5-11-19)23(28)22(35-26)18-33-27(29)34-21-14-8-9-15-21/h2-7,10-13,21-26,28H,8-9,14-18H2,1H3/t22-,23-,24+,25-,26+/m1/s1. The van der Waals surface area contributed by atoms with Crippen LogP contribution < -0.4 is 0 Å². The molecule has 1 heterocycles. The highest BCUT2D eigenvalue weighted by Gasteiger charge is 2.47. The summed E-state index contributed by atoms with van der Waals surface area (Å²) in [6.07, 6.45) is -1.39. The van der Waals surface area contributed by atoms with Crippen molar-refractivity contribution in [2.24, 2.45) is 0 Å². The molecule has 1 saturated heterocycles. The number of hydrogen-bond donors (Lipinski definition) is 1. The summed E-state index contributed by atoms with van der Waals surface area (Å²) in [6.45, 7) is 0.367. The largest absolute Gasteiger partial charge is 0.508 e. The van der Waals surface area contributed by atoms with Gasteiger partial charge in [0.2, 0.25) is 0 Å². The molecule has 8 nitrogen and oxygen atoms in total. The number of ether oxygens (including phenoxy) is 6. The Morgan fingerprint density at radius 1 is 0.914 bits per heavy atom. The highest BCUT2D eigenvalue weighted by atomic mass is 16.7. The first-order valence-corrected chi connectivity index (χ1v) is 12.1. The van der Waals surface area contributed by atoms with E-state index in [0.717, 1.165) is 36.8 Å². The lowest BCUT2D eigenvalue weighted by molar-refractivity contribution is -0.314. The first-order valence-electron chi connectivity index (χ1n) is 12.1. The summed E-state index contributed by atoms with van der Waals surface area (Å²) in [5, 5.41) is 11.2. The van der Waals surface area contributed by atoms with Gasteiger partial charge in [-0.2, -0.15) is 0 Å². The van der Waals surface area contributed by atoms with Crippen LogP contribution >= 0.6 is 0 Å². The van der Waals surface area contributed by atoms with Gasteiger partial charge in [-0.3, -0.25) is 0 Å². The third-order valence-corrected chi connectivity index (χ3v) is 6.35. The summed E-state index contributed by atoms with van der Waals surface area (Å²) in [5.74, 6) is 0. The van der Waals surface area contributed by atoms with Crippen LogP contribution in [0.3, 0.4) is 0 Å². The first kappa shape index (κ1) is 25.6. The fourth-order valence-electron chi connectivity index (χ4n) is 4.45. The molecule has 1 N–H and O–H groups in total. The van der Waals surface area contributed by atoms with Crippen LogP contribution in [0.15, 0.2) is 60.7 Å². The van der Waals surface area contributed by atoms with E-state index in [1.54, 1.807) is 0 Å². The molecule has 2 aliphatic rings. The summed E-state index contributed by atoms with van der Waals surface area (Å²) in [6, 6.07) is 19.4. The number of aliphatic hydroxyl groups excluding tert-OH is 1. The lowest BCUT2D eigenvalue weighted by Crippen LogP contribution is -2.61. The molecule has 190 valence electrons. The summed E-state index contributed by atoms with van der Waals surface area (Å²) in [5.41, 5.74) is 1.92. The zero-order valence-electron chi connectivity index (χ0n) is 20.0. The fourth-order valence-corrected chi connectivity index (χ4v) is 4.45. The molecular weight excluding hydrogens is 452 g/mol. The van der Waals surface area contributed by atoms with Crippen molar-refractivity contribution in [1.29, 1.82) is 0 Å². The molecule has 0 spiro atoms. The van der Waals surface area contributed by atoms with Crippen molar-refractivity contribution in [2.45, 2.75) is 75.7 Å². The number of aliphatic hydroxyl groups is 1. The molecule has 0 amide bonds. The van der Waals surface area contributed by atoms with Crippen LogP contribution in [0, 0.1) is 0 Å². The lowest BCUT2D eigenvalue weighted by atomic mass is 9.98. The molecule has 0 bridgehead atoms. The number of carbonyl (C=O) groups excluding carboxylic acids is 1. The third kappa shape index (κ3) is 7.25. The smallest absolute Gasteiger partial charge is 0.431 e. The molecule has 35 heavy (non-hydrogen) atoms. The van der Waals surface area contributed by atoms with Crippen LogP contribution in [0.1, 0.15) is 36.8 Å². The second kappa shape index (κ2) is 13.0. The van der Waals surface area contributed by atoms with Crippen LogP contribution in [0.2, 0.25) is 0 Å². The van der Waals surface area contributed by atoms with Crippen molar-refractivity contribution in [3.05, 3.63) is 71.8 Å². The Hall–Kier alpha value is -2.49. The molecule has 1 aliphatic carbocycles. The maximum Gasteiger partial charge on any atom is 0.508 e. The Morgan fingerprint density at radius 2 is 1.49 bits per heavy atom. The van der Waals surface area contributed by atoms with Crippen molar-refractivity contribution in [3.63, 3.8) is 0 Å². The van der Waals surface area contributed by atoms with Gasteiger partial charge in [-0.05, 0) is 36.8 Å². The summed E-state index contributed by atoms with van der Waals surface area (Å²) in [7, 11) is 1.50. The third-order valence-electron chi connectivity index (χ3n) is 6.35. The molecule has 1 aliphatic heterocycles. The van der Waals surface area contributed by atoms with Gasteiger partial charge in [0.15, 0.2) is 6.29 Å². The summed E-state index contributed by atoms with van der Waals surface area (Å²) < 4.78 is 34.4. The van der Waals surface area contributed by atoms with Crippen LogP contribution in [0.5, 0.6) is 0 Å². The van der Waals surface area contributed by atoms with Gasteiger partial charge in [0.25, 0.3) is 0 Å². The van der Waals surface area contributed by atoms with E-state index in [4.69, 9.17) is 28.4 Å². The zero-order valence-corrected chi connectivity index (χ0v) is 20.0. The van der Waals surface area contributed by atoms with E-state index < -0.39 is 36.9 Å². The maximum absolute atomic E-state index is 12.1. The predicted octanol–water partition coefficient (Wildman–Crippen LogP) is 3.99. The van der Waals surface area contributed by atoms with E-state index >= 15 is 0 Å². The minimum absolute atomic E-state index is 0.107. The topological polar surface area (TPSA) is 92.7 Å². The van der Waals surface area contributed by atoms with Gasteiger partial charge in [-0.25, -0.2) is 4.79 Å². The van der Waals surface area contributed by atoms with Gasteiger partial charge >= 0.3 is 6.16 Å². The second-order valence-corrected chi connectivity index (χ2v) is 8.88. The number of carbonyl (C=O) groups is 1. The Bertz CT molecular complexity index is 887. The number of rotatable bonds is 10. The molecule has 0 radical (unpaired) electrons. The van der Waals surface area contributed by atoms with Gasteiger partial charge in [0, 0.05) is 7.11 Å². The highest BCUT2D eigenvalue weighted by Crippen LogP contribution is 2.29. The van der Waals surface area contributed by atoms with Gasteiger partial charge in [-0.1, -0.05) is 60.7 Å². The quantitative estimate of drug-likeness (QED) is 0.504. The van der Waals surface area contributed by atoms with Gasteiger partial charge in [0.05, 0.1) is 13.2 Å². The van der Waals surface area contributed by atoms with Crippen LogP contribution in [-0.4, -0.2) is 61.8 Å². The van der Waals surface area contributed by atoms with Crippen molar-refractivity contribution in [1.82, 2.24) is 0 Å². The van der Waals surface area contributed by atoms with Crippen LogP contribution in [0.25, 0.3) is 0 Å². The number of methoxy groups -OCH3 is 1. The summed E-state index contributed by atoms with van der Waals surface area (Å²) in [4.78, 5) is 12.1. The van der Waals surface area contributed by atoms with E-state index in [-0.39, 0.29) is 19.3 Å². The van der Waals surface area contributed by atoms with Crippen molar-refractivity contribution < 1.29 is 38.3 Å². The molecule has 1 saturated carbocycles. The van der Waals surface area contributed by atoms with Crippen LogP contribution in [0.4, 0.5) is 4.79 Å². The van der Waals surface area contributed by atoms with Gasteiger partial charge in [0.1, 0.15) is 37.1 Å². The molecule has 0 unspecified atom stereocenters. The maximum atomic E-state index is 12.1. The van der Waals surface area contributed by atoms with E-state index in [1.807, 2.05) is 60.7 Å². The minimum atomic E-state index is -1.12. The van der Waals surface area contributed by atoms with Crippen molar-refractivity contribution >= 4 is 6.16 Å². The Kier molecular flexibility index (Phi) is 9.50. The monoisotopic (exact) mass is 486 g/mol. The zero-order chi connectivity index (χ0) is 24.5. The average Bonchev–Trinajstić information content (AvgIpc) is 3.40. The molecule has 5 atom stereocenters. The average molecular weight is 487 g/mol. The molecule has 0 aromatic heterocycles. The Balaban J connectivity index is 1.42. The molecular formula is C27H34O8. The minimum Gasteiger partial charge on any atom is -0.431 e. The lowest BCUT2D eigenvalue weighted by Gasteiger charge is -2.43. The highest BCUT2D eigenvalue weighted by molar-refractivity contribution is 5.60. The second-order valence-electron chi connectivity index (χ2n) is 8.88. The molecule has 8 heteroatoms. The molecule has 2 aromatic carbocycles. The molecule has 2 aromatic rings.